The van der Waals surface area contributed by atoms with Crippen LogP contribution in [0.25, 0.3) is 22.6 Å². The third-order valence-corrected chi connectivity index (χ3v) is 5.01. The molecule has 5 nitrogen and oxygen atoms in total. The van der Waals surface area contributed by atoms with Crippen LogP contribution in [0.3, 0.4) is 0 Å². The number of thiophene rings is 1. The zero-order valence-corrected chi connectivity index (χ0v) is 12.6. The number of hydrogen-bond acceptors (Lipinski definition) is 6. The van der Waals surface area contributed by atoms with E-state index in [-0.39, 0.29) is 5.56 Å². The Morgan fingerprint density at radius 3 is 2.95 bits per heavy atom. The molecule has 4 heterocycles. The normalized spacial score (nSPS) is 12.5. The van der Waals surface area contributed by atoms with Crippen LogP contribution in [0.5, 0.6) is 0 Å². The molecule has 21 heavy (non-hydrogen) atoms. The number of furan rings is 1. The average Bonchev–Trinajstić information content (AvgIpc) is 3.19. The lowest BCUT2D eigenvalue weighted by Crippen LogP contribution is -2.23. The highest BCUT2D eigenvalue weighted by Crippen LogP contribution is 2.18. The van der Waals surface area contributed by atoms with Crippen molar-refractivity contribution >= 4 is 33.7 Å². The highest BCUT2D eigenvalue weighted by Gasteiger charge is 2.13. The monoisotopic (exact) mass is 315 g/mol. The molecule has 4 aromatic rings. The van der Waals surface area contributed by atoms with Crippen LogP contribution in [0.2, 0.25) is 0 Å². The lowest BCUT2D eigenvalue weighted by molar-refractivity contribution is 0.577. The Bertz CT molecular complexity index is 1020. The summed E-state index contributed by atoms with van der Waals surface area (Å²) in [5.41, 5.74) is 1.02. The standard InChI is InChI=1S/C14H9N3O2S2/c1-8-4-6-20-10(8)7-11-13(18)17-14(21-11)15-12(16-17)9-3-2-5-19-9/h2-7H,1H3. The van der Waals surface area contributed by atoms with Gasteiger partial charge in [-0.25, -0.2) is 0 Å². The third-order valence-electron chi connectivity index (χ3n) is 3.09. The van der Waals surface area contributed by atoms with Gasteiger partial charge in [0.25, 0.3) is 5.56 Å². The molecule has 0 amide bonds. The minimum Gasteiger partial charge on any atom is -0.461 e. The average molecular weight is 315 g/mol. The van der Waals surface area contributed by atoms with Gasteiger partial charge in [0, 0.05) is 4.88 Å². The van der Waals surface area contributed by atoms with E-state index in [2.05, 4.69) is 10.1 Å². The van der Waals surface area contributed by atoms with Gasteiger partial charge in [0.05, 0.1) is 10.8 Å². The van der Waals surface area contributed by atoms with Crippen LogP contribution < -0.4 is 10.1 Å². The molecule has 0 aliphatic carbocycles. The van der Waals surface area contributed by atoms with Gasteiger partial charge >= 0.3 is 0 Å². The van der Waals surface area contributed by atoms with E-state index < -0.39 is 0 Å². The topological polar surface area (TPSA) is 60.4 Å². The first-order valence-electron chi connectivity index (χ1n) is 6.21. The highest BCUT2D eigenvalue weighted by atomic mass is 32.1. The van der Waals surface area contributed by atoms with E-state index in [9.17, 15) is 4.79 Å². The van der Waals surface area contributed by atoms with Crippen molar-refractivity contribution in [1.29, 1.82) is 0 Å². The quantitative estimate of drug-likeness (QED) is 0.569. The number of fused-ring (bicyclic) bond motifs is 1. The van der Waals surface area contributed by atoms with Gasteiger partial charge in [-0.05, 0) is 42.1 Å². The van der Waals surface area contributed by atoms with Gasteiger partial charge in [-0.1, -0.05) is 11.3 Å². The Morgan fingerprint density at radius 2 is 2.29 bits per heavy atom. The van der Waals surface area contributed by atoms with Gasteiger partial charge in [-0.15, -0.1) is 16.4 Å². The fraction of sp³-hybridized carbons (Fsp3) is 0.0714. The first kappa shape index (κ1) is 12.5. The SMILES string of the molecule is Cc1ccsc1C=c1sc2nc(-c3ccco3)nn2c1=O. The smallest absolute Gasteiger partial charge is 0.291 e. The van der Waals surface area contributed by atoms with Crippen LogP contribution in [-0.4, -0.2) is 14.6 Å². The molecule has 0 unspecified atom stereocenters. The second-order valence-electron chi connectivity index (χ2n) is 4.49. The van der Waals surface area contributed by atoms with Gasteiger partial charge in [0.15, 0.2) is 5.76 Å². The Balaban J connectivity index is 1.89. The third kappa shape index (κ3) is 2.01. The van der Waals surface area contributed by atoms with Crippen molar-refractivity contribution in [2.75, 3.05) is 0 Å². The van der Waals surface area contributed by atoms with Gasteiger partial charge in [0.2, 0.25) is 10.8 Å². The molecule has 7 heteroatoms. The Morgan fingerprint density at radius 1 is 1.38 bits per heavy atom. The van der Waals surface area contributed by atoms with E-state index in [0.717, 1.165) is 10.4 Å². The molecule has 0 atom stereocenters. The van der Waals surface area contributed by atoms with Crippen molar-refractivity contribution in [2.24, 2.45) is 0 Å². The Hall–Kier alpha value is -2.25. The molecule has 4 rings (SSSR count). The van der Waals surface area contributed by atoms with E-state index in [1.165, 1.54) is 15.9 Å². The fourth-order valence-electron chi connectivity index (χ4n) is 2.00. The summed E-state index contributed by atoms with van der Waals surface area (Å²) >= 11 is 2.95. The lowest BCUT2D eigenvalue weighted by Gasteiger charge is -1.86. The van der Waals surface area contributed by atoms with Gasteiger partial charge in [-0.2, -0.15) is 9.50 Å². The molecule has 0 saturated heterocycles. The molecule has 0 aliphatic heterocycles. The summed E-state index contributed by atoms with van der Waals surface area (Å²) in [5.74, 6) is 0.993. The second-order valence-corrected chi connectivity index (χ2v) is 6.45. The fourth-order valence-corrected chi connectivity index (χ4v) is 3.82. The maximum Gasteiger partial charge on any atom is 0.291 e. The zero-order valence-electron chi connectivity index (χ0n) is 10.9. The zero-order chi connectivity index (χ0) is 14.4. The maximum atomic E-state index is 12.4. The van der Waals surface area contributed by atoms with Crippen molar-refractivity contribution in [3.8, 4) is 11.6 Å². The van der Waals surface area contributed by atoms with Crippen LogP contribution in [0.4, 0.5) is 0 Å². The van der Waals surface area contributed by atoms with Crippen LogP contribution >= 0.6 is 22.7 Å². The summed E-state index contributed by atoms with van der Waals surface area (Å²) in [5, 5.41) is 6.23. The van der Waals surface area contributed by atoms with Gasteiger partial charge in [-0.3, -0.25) is 4.79 Å². The molecule has 0 saturated carbocycles. The molecular weight excluding hydrogens is 306 g/mol. The van der Waals surface area contributed by atoms with Crippen LogP contribution in [0.15, 0.2) is 39.1 Å². The second kappa shape index (κ2) is 4.64. The number of aryl methyl sites for hydroxylation is 1. The summed E-state index contributed by atoms with van der Waals surface area (Å²) in [4.78, 5) is 18.4. The highest BCUT2D eigenvalue weighted by molar-refractivity contribution is 7.15. The molecule has 104 valence electrons. The van der Waals surface area contributed by atoms with Crippen molar-refractivity contribution in [3.05, 3.63) is 55.2 Å². The molecule has 0 aliphatic rings. The lowest BCUT2D eigenvalue weighted by atomic mass is 10.3. The molecule has 0 aromatic carbocycles. The molecule has 0 radical (unpaired) electrons. The molecular formula is C14H9N3O2S2. The number of hydrogen-bond donors (Lipinski definition) is 0. The van der Waals surface area contributed by atoms with E-state index in [4.69, 9.17) is 4.42 Å². The predicted molar refractivity (Wildman–Crippen MR) is 82.7 cm³/mol. The van der Waals surface area contributed by atoms with Crippen molar-refractivity contribution < 1.29 is 4.42 Å². The van der Waals surface area contributed by atoms with Crippen LogP contribution in [0.1, 0.15) is 10.4 Å². The molecule has 0 bridgehead atoms. The number of nitrogens with zero attached hydrogens (tertiary/aromatic N) is 3. The summed E-state index contributed by atoms with van der Waals surface area (Å²) in [6.07, 6.45) is 3.46. The molecule has 0 N–H and O–H groups in total. The number of thiazole rings is 1. The van der Waals surface area contributed by atoms with Gasteiger partial charge in [0.1, 0.15) is 0 Å². The number of rotatable bonds is 2. The summed E-state index contributed by atoms with van der Waals surface area (Å²) in [6.45, 7) is 2.03. The van der Waals surface area contributed by atoms with E-state index in [1.54, 1.807) is 29.7 Å². The van der Waals surface area contributed by atoms with Crippen LogP contribution in [-0.2, 0) is 0 Å². The Labute approximate surface area is 126 Å². The minimum absolute atomic E-state index is 0.145. The van der Waals surface area contributed by atoms with Crippen molar-refractivity contribution in [2.45, 2.75) is 6.92 Å². The maximum absolute atomic E-state index is 12.4. The molecule has 0 spiro atoms. The molecule has 0 fully saturated rings. The largest absolute Gasteiger partial charge is 0.461 e. The summed E-state index contributed by atoms with van der Waals surface area (Å²) in [6, 6.07) is 5.57. The van der Waals surface area contributed by atoms with Gasteiger partial charge < -0.3 is 4.42 Å². The van der Waals surface area contributed by atoms with E-state index in [1.807, 2.05) is 24.4 Å². The van der Waals surface area contributed by atoms with E-state index in [0.29, 0.717) is 21.1 Å². The minimum atomic E-state index is -0.145. The van der Waals surface area contributed by atoms with Crippen LogP contribution in [0, 0.1) is 6.92 Å². The summed E-state index contributed by atoms with van der Waals surface area (Å²) in [7, 11) is 0. The van der Waals surface area contributed by atoms with Crippen molar-refractivity contribution in [1.82, 2.24) is 14.6 Å². The van der Waals surface area contributed by atoms with Crippen molar-refractivity contribution in [3.63, 3.8) is 0 Å². The first-order valence-corrected chi connectivity index (χ1v) is 7.91. The summed E-state index contributed by atoms with van der Waals surface area (Å²) < 4.78 is 7.22. The Kier molecular flexibility index (Phi) is 2.76. The number of aromatic nitrogens is 3. The predicted octanol–water partition coefficient (Wildman–Crippen LogP) is 2.33. The van der Waals surface area contributed by atoms with E-state index >= 15 is 0 Å². The molecule has 4 aromatic heterocycles. The first-order chi connectivity index (χ1) is 10.2.